The van der Waals surface area contributed by atoms with Crippen LogP contribution in [-0.4, -0.2) is 26.8 Å². The maximum absolute atomic E-state index is 12.9. The van der Waals surface area contributed by atoms with Gasteiger partial charge in [0.25, 0.3) is 0 Å². The Balaban J connectivity index is 1.48. The zero-order valence-electron chi connectivity index (χ0n) is 21.6. The van der Waals surface area contributed by atoms with Crippen LogP contribution in [0.1, 0.15) is 76.0 Å². The van der Waals surface area contributed by atoms with Crippen molar-refractivity contribution in [2.75, 3.05) is 26.1 Å². The lowest BCUT2D eigenvalue weighted by molar-refractivity contribution is 0.0281. The summed E-state index contributed by atoms with van der Waals surface area (Å²) in [4.78, 5) is 12.9. The Morgan fingerprint density at radius 1 is 1.09 bits per heavy atom. The van der Waals surface area contributed by atoms with Crippen LogP contribution in [0.25, 0.3) is 0 Å². The number of hydrogen-bond acceptors (Lipinski definition) is 3. The lowest BCUT2D eigenvalue weighted by Crippen LogP contribution is -2.53. The zero-order chi connectivity index (χ0) is 24.5. The van der Waals surface area contributed by atoms with Crippen LogP contribution in [0.2, 0.25) is 0 Å². The van der Waals surface area contributed by atoms with Gasteiger partial charge in [0.2, 0.25) is 0 Å². The van der Waals surface area contributed by atoms with E-state index in [1.165, 1.54) is 36.0 Å². The van der Waals surface area contributed by atoms with Gasteiger partial charge in [-0.3, -0.25) is 0 Å². The van der Waals surface area contributed by atoms with Crippen LogP contribution in [-0.2, 0) is 11.8 Å². The van der Waals surface area contributed by atoms with Crippen molar-refractivity contribution in [2.45, 2.75) is 71.1 Å². The summed E-state index contributed by atoms with van der Waals surface area (Å²) in [5.41, 5.74) is 5.35. The van der Waals surface area contributed by atoms with Gasteiger partial charge in [-0.05, 0) is 77.2 Å². The van der Waals surface area contributed by atoms with Crippen molar-refractivity contribution < 1.29 is 14.3 Å². The monoisotopic (exact) mass is 464 g/mol. The summed E-state index contributed by atoms with van der Waals surface area (Å²) in [7, 11) is 3.20. The first kappa shape index (κ1) is 24.4. The van der Waals surface area contributed by atoms with Gasteiger partial charge < -0.3 is 20.1 Å². The van der Waals surface area contributed by atoms with Gasteiger partial charge in [-0.15, -0.1) is 0 Å². The Morgan fingerprint density at radius 2 is 1.88 bits per heavy atom. The molecule has 184 valence electrons. The third-order valence-electron chi connectivity index (χ3n) is 8.48. The van der Waals surface area contributed by atoms with E-state index in [0.717, 1.165) is 12.8 Å². The Labute approximate surface area is 204 Å². The molecule has 0 bridgehead atoms. The summed E-state index contributed by atoms with van der Waals surface area (Å²) < 4.78 is 10.7. The molecule has 0 aliphatic heterocycles. The van der Waals surface area contributed by atoms with Crippen molar-refractivity contribution in [3.63, 3.8) is 0 Å². The largest absolute Gasteiger partial charge is 0.497 e. The number of hydrogen-bond donors (Lipinski definition) is 2. The Bertz CT molecular complexity index is 1050. The van der Waals surface area contributed by atoms with Gasteiger partial charge in [0, 0.05) is 12.6 Å². The lowest BCUT2D eigenvalue weighted by Gasteiger charge is -2.55. The van der Waals surface area contributed by atoms with Gasteiger partial charge in [0.15, 0.2) is 0 Å². The third kappa shape index (κ3) is 4.49. The summed E-state index contributed by atoms with van der Waals surface area (Å²) in [6.07, 6.45) is 5.85. The summed E-state index contributed by atoms with van der Waals surface area (Å²) >= 11 is 0. The van der Waals surface area contributed by atoms with Gasteiger partial charge in [0.1, 0.15) is 11.5 Å². The molecule has 3 atom stereocenters. The van der Waals surface area contributed by atoms with Crippen molar-refractivity contribution in [3.8, 4) is 11.5 Å². The Kier molecular flexibility index (Phi) is 6.84. The number of urea groups is 1. The highest BCUT2D eigenvalue weighted by molar-refractivity contribution is 5.91. The van der Waals surface area contributed by atoms with E-state index in [1.807, 2.05) is 6.07 Å². The van der Waals surface area contributed by atoms with Gasteiger partial charge in [-0.1, -0.05) is 52.3 Å². The van der Waals surface area contributed by atoms with Gasteiger partial charge in [0.05, 0.1) is 19.9 Å². The first-order chi connectivity index (χ1) is 16.2. The number of fused-ring (bicyclic) bond motifs is 3. The number of methoxy groups -OCH3 is 2. The molecule has 0 radical (unpaired) electrons. The zero-order valence-corrected chi connectivity index (χ0v) is 21.6. The molecule has 2 aliphatic carbocycles. The van der Waals surface area contributed by atoms with Crippen molar-refractivity contribution in [1.82, 2.24) is 5.32 Å². The van der Waals surface area contributed by atoms with E-state index < -0.39 is 0 Å². The molecule has 4 rings (SSSR count). The molecule has 0 spiro atoms. The number of rotatable bonds is 6. The molecular weight excluding hydrogens is 424 g/mol. The van der Waals surface area contributed by atoms with E-state index in [-0.39, 0.29) is 16.9 Å². The predicted octanol–water partition coefficient (Wildman–Crippen LogP) is 6.66. The summed E-state index contributed by atoms with van der Waals surface area (Å²) in [6.45, 7) is 10.0. The van der Waals surface area contributed by atoms with Gasteiger partial charge in [-0.25, -0.2) is 4.79 Å². The number of ether oxygens (including phenoxy) is 2. The molecule has 0 aromatic heterocycles. The smallest absolute Gasteiger partial charge is 0.319 e. The molecule has 0 saturated heterocycles. The SMILES string of the molecule is COc1ccc(NC(=O)NC[C@]2(C)CCC[C@]3(C)c4ccc(C(C)C)cc4CC[C@@H]23)c(OC)c1. The van der Waals surface area contributed by atoms with Crippen LogP contribution in [0.4, 0.5) is 10.5 Å². The van der Waals surface area contributed by atoms with Crippen LogP contribution >= 0.6 is 0 Å². The molecule has 2 N–H and O–H groups in total. The number of carbonyl (C=O) groups excluding carboxylic acids is 1. The second kappa shape index (κ2) is 9.52. The highest BCUT2D eigenvalue weighted by atomic mass is 16.5. The fourth-order valence-electron chi connectivity index (χ4n) is 6.57. The standard InChI is InChI=1S/C29H40N2O3/c1-19(2)20-8-11-23-21(16-20)9-13-26-28(3,14-7-15-29(23,26)4)18-30-27(32)31-24-12-10-22(33-5)17-25(24)34-6/h8,10-12,16-17,19,26H,7,9,13-15,18H2,1-6H3,(H2,30,31,32)/t26-,28-,29+/m0/s1. The van der Waals surface area contributed by atoms with Crippen LogP contribution < -0.4 is 20.1 Å². The average molecular weight is 465 g/mol. The first-order valence-corrected chi connectivity index (χ1v) is 12.6. The second-order valence-corrected chi connectivity index (χ2v) is 11.0. The fourth-order valence-corrected chi connectivity index (χ4v) is 6.57. The minimum absolute atomic E-state index is 0.0583. The van der Waals surface area contributed by atoms with Crippen molar-refractivity contribution >= 4 is 11.7 Å². The average Bonchev–Trinajstić information content (AvgIpc) is 2.82. The van der Waals surface area contributed by atoms with E-state index >= 15 is 0 Å². The number of carbonyl (C=O) groups is 1. The topological polar surface area (TPSA) is 59.6 Å². The number of nitrogens with one attached hydrogen (secondary N) is 2. The highest BCUT2D eigenvalue weighted by Crippen LogP contribution is 2.57. The summed E-state index contributed by atoms with van der Waals surface area (Å²) in [5, 5.41) is 6.14. The Hall–Kier alpha value is -2.69. The second-order valence-electron chi connectivity index (χ2n) is 11.0. The van der Waals surface area contributed by atoms with Crippen LogP contribution in [0.3, 0.4) is 0 Å². The lowest BCUT2D eigenvalue weighted by atomic mass is 9.49. The van der Waals surface area contributed by atoms with Crippen molar-refractivity contribution in [1.29, 1.82) is 0 Å². The van der Waals surface area contributed by atoms with Gasteiger partial charge in [-0.2, -0.15) is 0 Å². The maximum atomic E-state index is 12.9. The molecule has 1 fully saturated rings. The van der Waals surface area contributed by atoms with Crippen molar-refractivity contribution in [3.05, 3.63) is 53.1 Å². The maximum Gasteiger partial charge on any atom is 0.319 e. The highest BCUT2D eigenvalue weighted by Gasteiger charge is 2.51. The molecule has 2 aliphatic rings. The molecule has 1 saturated carbocycles. The molecule has 34 heavy (non-hydrogen) atoms. The molecule has 2 aromatic carbocycles. The number of aryl methyl sites for hydroxylation is 1. The minimum atomic E-state index is -0.199. The predicted molar refractivity (Wildman–Crippen MR) is 138 cm³/mol. The Morgan fingerprint density at radius 3 is 2.59 bits per heavy atom. The summed E-state index contributed by atoms with van der Waals surface area (Å²) in [6, 6.07) is 12.4. The van der Waals surface area contributed by atoms with Crippen LogP contribution in [0.5, 0.6) is 11.5 Å². The summed E-state index contributed by atoms with van der Waals surface area (Å²) in [5.74, 6) is 2.37. The van der Waals surface area contributed by atoms with Crippen molar-refractivity contribution in [2.24, 2.45) is 11.3 Å². The quantitative estimate of drug-likeness (QED) is 0.502. The minimum Gasteiger partial charge on any atom is -0.497 e. The first-order valence-electron chi connectivity index (χ1n) is 12.6. The molecule has 5 nitrogen and oxygen atoms in total. The van der Waals surface area contributed by atoms with E-state index in [9.17, 15) is 4.79 Å². The van der Waals surface area contributed by atoms with Crippen LogP contribution in [0.15, 0.2) is 36.4 Å². The van der Waals surface area contributed by atoms with Crippen LogP contribution in [0, 0.1) is 11.3 Å². The number of anilines is 1. The normalized spacial score (nSPS) is 25.8. The molecule has 2 amide bonds. The van der Waals surface area contributed by atoms with E-state index in [1.54, 1.807) is 26.4 Å². The molecule has 0 unspecified atom stereocenters. The van der Waals surface area contributed by atoms with E-state index in [2.05, 4.69) is 56.5 Å². The van der Waals surface area contributed by atoms with E-state index in [4.69, 9.17) is 9.47 Å². The van der Waals surface area contributed by atoms with Gasteiger partial charge >= 0.3 is 6.03 Å². The molecular formula is C29H40N2O3. The number of amides is 2. The molecule has 5 heteroatoms. The fraction of sp³-hybridized carbons (Fsp3) is 0.552. The number of benzene rings is 2. The third-order valence-corrected chi connectivity index (χ3v) is 8.48. The molecule has 0 heterocycles. The molecule has 2 aromatic rings. The van der Waals surface area contributed by atoms with E-state index in [0.29, 0.717) is 35.6 Å².